The van der Waals surface area contributed by atoms with Gasteiger partial charge in [0.05, 0.1) is 12.7 Å². The van der Waals surface area contributed by atoms with Crippen LogP contribution in [0.4, 0.5) is 0 Å². The summed E-state index contributed by atoms with van der Waals surface area (Å²) in [5, 5.41) is 8.77. The van der Waals surface area contributed by atoms with Gasteiger partial charge in [-0.25, -0.2) is 0 Å². The topological polar surface area (TPSA) is 45.3 Å². The van der Waals surface area contributed by atoms with Gasteiger partial charge >= 0.3 is 0 Å². The molecular formula is C10H18O3. The summed E-state index contributed by atoms with van der Waals surface area (Å²) in [5.74, 6) is 0. The molecule has 2 saturated heterocycles. The van der Waals surface area contributed by atoms with Crippen molar-refractivity contribution in [3.05, 3.63) is 0 Å². The molecule has 3 nitrogen and oxygen atoms in total. The number of epoxide rings is 2. The van der Waals surface area contributed by atoms with E-state index in [-0.39, 0.29) is 18.8 Å². The van der Waals surface area contributed by atoms with Crippen LogP contribution in [0.2, 0.25) is 0 Å². The highest BCUT2D eigenvalue weighted by Crippen LogP contribution is 2.40. The molecule has 0 saturated carbocycles. The van der Waals surface area contributed by atoms with Gasteiger partial charge in [-0.2, -0.15) is 0 Å². The zero-order valence-electron chi connectivity index (χ0n) is 8.11. The van der Waals surface area contributed by atoms with Gasteiger partial charge in [-0.15, -0.1) is 0 Å². The Hall–Kier alpha value is -0.120. The second-order valence-corrected chi connectivity index (χ2v) is 3.96. The SMILES string of the molecule is CCCCC[C@@H]1O[C@H]1[C@H]1O[C@H]1CO. The highest BCUT2D eigenvalue weighted by molar-refractivity contribution is 5.02. The van der Waals surface area contributed by atoms with Crippen molar-refractivity contribution in [2.45, 2.75) is 57.0 Å². The van der Waals surface area contributed by atoms with Gasteiger partial charge < -0.3 is 14.6 Å². The monoisotopic (exact) mass is 186 g/mol. The minimum absolute atomic E-state index is 0.0705. The number of hydrogen-bond acceptors (Lipinski definition) is 3. The first-order chi connectivity index (χ1) is 6.36. The molecule has 3 heteroatoms. The number of unbranched alkanes of at least 4 members (excludes halogenated alkanes) is 2. The molecule has 2 heterocycles. The van der Waals surface area contributed by atoms with Gasteiger partial charge in [-0.1, -0.05) is 26.2 Å². The van der Waals surface area contributed by atoms with Crippen molar-refractivity contribution in [2.24, 2.45) is 0 Å². The van der Waals surface area contributed by atoms with Crippen molar-refractivity contribution in [1.29, 1.82) is 0 Å². The Morgan fingerprint density at radius 3 is 2.38 bits per heavy atom. The molecule has 0 aliphatic carbocycles. The Morgan fingerprint density at radius 2 is 1.77 bits per heavy atom. The molecule has 4 atom stereocenters. The second-order valence-electron chi connectivity index (χ2n) is 3.96. The molecule has 0 aromatic rings. The van der Waals surface area contributed by atoms with Crippen molar-refractivity contribution in [3.8, 4) is 0 Å². The van der Waals surface area contributed by atoms with E-state index in [0.29, 0.717) is 12.2 Å². The number of aliphatic hydroxyl groups excluding tert-OH is 1. The van der Waals surface area contributed by atoms with E-state index in [0.717, 1.165) is 6.42 Å². The lowest BCUT2D eigenvalue weighted by molar-refractivity contribution is 0.239. The van der Waals surface area contributed by atoms with E-state index < -0.39 is 0 Å². The third-order valence-corrected chi connectivity index (χ3v) is 2.84. The third-order valence-electron chi connectivity index (χ3n) is 2.84. The fourth-order valence-corrected chi connectivity index (χ4v) is 1.87. The van der Waals surface area contributed by atoms with Crippen LogP contribution in [0.25, 0.3) is 0 Å². The smallest absolute Gasteiger partial charge is 0.115 e. The van der Waals surface area contributed by atoms with Crippen LogP contribution in [0.3, 0.4) is 0 Å². The molecular weight excluding hydrogens is 168 g/mol. The predicted molar refractivity (Wildman–Crippen MR) is 48.5 cm³/mol. The van der Waals surface area contributed by atoms with Crippen LogP contribution in [0, 0.1) is 0 Å². The summed E-state index contributed by atoms with van der Waals surface area (Å²) >= 11 is 0. The van der Waals surface area contributed by atoms with E-state index in [1.165, 1.54) is 19.3 Å². The second kappa shape index (κ2) is 3.95. The summed E-state index contributed by atoms with van der Waals surface area (Å²) in [5.41, 5.74) is 0. The lowest BCUT2D eigenvalue weighted by atomic mass is 10.1. The maximum Gasteiger partial charge on any atom is 0.115 e. The number of hydrogen-bond donors (Lipinski definition) is 1. The van der Waals surface area contributed by atoms with Gasteiger partial charge in [0.2, 0.25) is 0 Å². The zero-order chi connectivity index (χ0) is 9.26. The molecule has 2 aliphatic rings. The molecule has 0 spiro atoms. The van der Waals surface area contributed by atoms with Crippen LogP contribution in [-0.2, 0) is 9.47 Å². The van der Waals surface area contributed by atoms with E-state index in [1.807, 2.05) is 0 Å². The highest BCUT2D eigenvalue weighted by Gasteiger charge is 2.56. The molecule has 0 aromatic heterocycles. The van der Waals surface area contributed by atoms with E-state index in [4.69, 9.17) is 14.6 Å². The molecule has 0 radical (unpaired) electrons. The summed E-state index contributed by atoms with van der Waals surface area (Å²) in [6.07, 6.45) is 5.97. The lowest BCUT2D eigenvalue weighted by Crippen LogP contribution is -2.08. The summed E-state index contributed by atoms with van der Waals surface area (Å²) in [6.45, 7) is 2.35. The first-order valence-corrected chi connectivity index (χ1v) is 5.28. The standard InChI is InChI=1S/C10H18O3/c1-2-3-4-5-7-9(12-7)10-8(6-11)13-10/h7-11H,2-6H2,1H3/t7-,8-,9+,10-/m0/s1. The van der Waals surface area contributed by atoms with Gasteiger partial charge in [0.1, 0.15) is 18.3 Å². The van der Waals surface area contributed by atoms with Gasteiger partial charge in [0.15, 0.2) is 0 Å². The molecule has 2 aliphatic heterocycles. The molecule has 0 unspecified atom stereocenters. The van der Waals surface area contributed by atoms with Crippen LogP contribution < -0.4 is 0 Å². The maximum atomic E-state index is 8.77. The Balaban J connectivity index is 1.56. The van der Waals surface area contributed by atoms with Crippen LogP contribution >= 0.6 is 0 Å². The quantitative estimate of drug-likeness (QED) is 0.499. The predicted octanol–water partition coefficient (Wildman–Crippen LogP) is 1.09. The summed E-state index contributed by atoms with van der Waals surface area (Å²) in [7, 11) is 0. The average molecular weight is 186 g/mol. The van der Waals surface area contributed by atoms with Crippen molar-refractivity contribution in [2.75, 3.05) is 6.61 Å². The number of ether oxygens (including phenoxy) is 2. The van der Waals surface area contributed by atoms with Crippen LogP contribution in [0.5, 0.6) is 0 Å². The van der Waals surface area contributed by atoms with Crippen molar-refractivity contribution in [1.82, 2.24) is 0 Å². The zero-order valence-corrected chi connectivity index (χ0v) is 8.11. The highest BCUT2D eigenvalue weighted by atomic mass is 16.7. The number of rotatable bonds is 6. The van der Waals surface area contributed by atoms with E-state index in [2.05, 4.69) is 6.92 Å². The van der Waals surface area contributed by atoms with E-state index in [9.17, 15) is 0 Å². The molecule has 2 rings (SSSR count). The Bertz CT molecular complexity index is 172. The third kappa shape index (κ3) is 2.22. The Kier molecular flexibility index (Phi) is 2.86. The van der Waals surface area contributed by atoms with Gasteiger partial charge in [0.25, 0.3) is 0 Å². The molecule has 76 valence electrons. The summed E-state index contributed by atoms with van der Waals surface area (Å²) in [4.78, 5) is 0. The summed E-state index contributed by atoms with van der Waals surface area (Å²) in [6, 6.07) is 0. The van der Waals surface area contributed by atoms with Crippen molar-refractivity contribution >= 4 is 0 Å². The van der Waals surface area contributed by atoms with Gasteiger partial charge in [0, 0.05) is 0 Å². The summed E-state index contributed by atoms with van der Waals surface area (Å²) < 4.78 is 10.7. The van der Waals surface area contributed by atoms with Crippen molar-refractivity contribution in [3.63, 3.8) is 0 Å². The molecule has 13 heavy (non-hydrogen) atoms. The minimum atomic E-state index is 0.0705. The lowest BCUT2D eigenvalue weighted by Gasteiger charge is -1.92. The van der Waals surface area contributed by atoms with Crippen LogP contribution in [-0.4, -0.2) is 36.1 Å². The van der Waals surface area contributed by atoms with Gasteiger partial charge in [-0.3, -0.25) is 0 Å². The van der Waals surface area contributed by atoms with Crippen LogP contribution in [0.15, 0.2) is 0 Å². The maximum absolute atomic E-state index is 8.77. The Labute approximate surface area is 79.0 Å². The van der Waals surface area contributed by atoms with E-state index >= 15 is 0 Å². The average Bonchev–Trinajstić information content (AvgIpc) is 2.99. The molecule has 1 N–H and O–H groups in total. The Morgan fingerprint density at radius 1 is 1.08 bits per heavy atom. The number of aliphatic hydroxyl groups is 1. The van der Waals surface area contributed by atoms with Gasteiger partial charge in [-0.05, 0) is 6.42 Å². The largest absolute Gasteiger partial charge is 0.394 e. The fourth-order valence-electron chi connectivity index (χ4n) is 1.87. The first kappa shape index (κ1) is 9.44. The first-order valence-electron chi connectivity index (χ1n) is 5.28. The van der Waals surface area contributed by atoms with Crippen LogP contribution in [0.1, 0.15) is 32.6 Å². The molecule has 0 bridgehead atoms. The molecule has 0 amide bonds. The molecule has 0 aromatic carbocycles. The minimum Gasteiger partial charge on any atom is -0.394 e. The fraction of sp³-hybridized carbons (Fsp3) is 1.00. The molecule has 2 fully saturated rings. The van der Waals surface area contributed by atoms with E-state index in [1.54, 1.807) is 0 Å². The van der Waals surface area contributed by atoms with Crippen molar-refractivity contribution < 1.29 is 14.6 Å². The normalized spacial score (nSPS) is 42.0.